The minimum Gasteiger partial charge on any atom is -0.495 e. The molecule has 20 heavy (non-hydrogen) atoms. The molecule has 0 aliphatic heterocycles. The van der Waals surface area contributed by atoms with Crippen LogP contribution < -0.4 is 10.1 Å². The lowest BCUT2D eigenvalue weighted by atomic mass is 10.1. The topological polar surface area (TPSA) is 34.4 Å². The third-order valence-corrected chi connectivity index (χ3v) is 3.71. The molecule has 3 aromatic rings. The van der Waals surface area contributed by atoms with Gasteiger partial charge in [0.2, 0.25) is 0 Å². The summed E-state index contributed by atoms with van der Waals surface area (Å²) in [5.74, 6) is 0.851. The van der Waals surface area contributed by atoms with Crippen molar-refractivity contribution >= 4 is 27.6 Å². The summed E-state index contributed by atoms with van der Waals surface area (Å²) >= 11 is 0. The summed E-state index contributed by atoms with van der Waals surface area (Å²) in [6.07, 6.45) is 1.06. The van der Waals surface area contributed by atoms with Gasteiger partial charge in [0.1, 0.15) is 16.9 Å². The normalized spacial score (nSPS) is 12.8. The molecular formula is C17H19NO2. The molecule has 3 rings (SSSR count). The lowest BCUT2D eigenvalue weighted by Crippen LogP contribution is -2.13. The molecule has 104 valence electrons. The second-order valence-electron chi connectivity index (χ2n) is 5.10. The minimum absolute atomic E-state index is 0.394. The van der Waals surface area contributed by atoms with Gasteiger partial charge in [-0.1, -0.05) is 25.1 Å². The van der Waals surface area contributed by atoms with Crippen LogP contribution in [-0.4, -0.2) is 13.2 Å². The Morgan fingerprint density at radius 3 is 2.70 bits per heavy atom. The molecule has 1 unspecified atom stereocenters. The molecule has 0 fully saturated rings. The van der Waals surface area contributed by atoms with Crippen LogP contribution in [0.25, 0.3) is 21.9 Å². The molecule has 0 saturated heterocycles. The standard InChI is InChI=1S/C17H19NO2/c1-4-11(2)18-14-10-16-13(9-17(14)19-3)12-7-5-6-8-15(12)20-16/h5-11,18H,4H2,1-3H3. The summed E-state index contributed by atoms with van der Waals surface area (Å²) in [4.78, 5) is 0. The smallest absolute Gasteiger partial charge is 0.142 e. The highest BCUT2D eigenvalue weighted by atomic mass is 16.5. The molecule has 0 spiro atoms. The predicted molar refractivity (Wildman–Crippen MR) is 83.6 cm³/mol. The van der Waals surface area contributed by atoms with Gasteiger partial charge in [0.05, 0.1) is 12.8 Å². The van der Waals surface area contributed by atoms with Gasteiger partial charge >= 0.3 is 0 Å². The number of ether oxygens (including phenoxy) is 1. The summed E-state index contributed by atoms with van der Waals surface area (Å²) < 4.78 is 11.4. The number of furan rings is 1. The zero-order valence-corrected chi connectivity index (χ0v) is 12.1. The van der Waals surface area contributed by atoms with Crippen LogP contribution in [-0.2, 0) is 0 Å². The Morgan fingerprint density at radius 2 is 1.95 bits per heavy atom. The Balaban J connectivity index is 2.19. The van der Waals surface area contributed by atoms with Gasteiger partial charge in [-0.25, -0.2) is 0 Å². The molecule has 1 aromatic heterocycles. The van der Waals surface area contributed by atoms with Crippen LogP contribution in [0.5, 0.6) is 5.75 Å². The van der Waals surface area contributed by atoms with Gasteiger partial charge in [-0.2, -0.15) is 0 Å². The maximum absolute atomic E-state index is 5.91. The van der Waals surface area contributed by atoms with Crippen molar-refractivity contribution in [1.82, 2.24) is 0 Å². The Morgan fingerprint density at radius 1 is 1.15 bits per heavy atom. The van der Waals surface area contributed by atoms with E-state index in [0.29, 0.717) is 6.04 Å². The van der Waals surface area contributed by atoms with E-state index >= 15 is 0 Å². The maximum atomic E-state index is 5.91. The van der Waals surface area contributed by atoms with Crippen LogP contribution in [0.3, 0.4) is 0 Å². The Labute approximate surface area is 118 Å². The van der Waals surface area contributed by atoms with Crippen molar-refractivity contribution in [1.29, 1.82) is 0 Å². The summed E-state index contributed by atoms with van der Waals surface area (Å²) in [6, 6.07) is 12.5. The van der Waals surface area contributed by atoms with Crippen LogP contribution in [0.4, 0.5) is 5.69 Å². The summed E-state index contributed by atoms with van der Waals surface area (Å²) in [5, 5.41) is 5.67. The average Bonchev–Trinajstić information content (AvgIpc) is 2.83. The van der Waals surface area contributed by atoms with Crippen LogP contribution in [0.15, 0.2) is 40.8 Å². The first-order chi connectivity index (χ1) is 9.72. The highest BCUT2D eigenvalue weighted by Crippen LogP contribution is 2.36. The van der Waals surface area contributed by atoms with E-state index in [-0.39, 0.29) is 0 Å². The average molecular weight is 269 g/mol. The largest absolute Gasteiger partial charge is 0.495 e. The van der Waals surface area contributed by atoms with Crippen molar-refractivity contribution in [3.8, 4) is 5.75 Å². The lowest BCUT2D eigenvalue weighted by Gasteiger charge is -2.15. The molecule has 0 radical (unpaired) electrons. The fraction of sp³-hybridized carbons (Fsp3) is 0.294. The van der Waals surface area contributed by atoms with Crippen molar-refractivity contribution in [2.75, 3.05) is 12.4 Å². The van der Waals surface area contributed by atoms with E-state index in [9.17, 15) is 0 Å². The first kappa shape index (κ1) is 12.9. The molecule has 0 amide bonds. The van der Waals surface area contributed by atoms with Crippen LogP contribution in [0.2, 0.25) is 0 Å². The molecule has 3 nitrogen and oxygen atoms in total. The molecule has 0 bridgehead atoms. The number of rotatable bonds is 4. The molecule has 1 heterocycles. The molecule has 1 atom stereocenters. The second-order valence-corrected chi connectivity index (χ2v) is 5.10. The summed E-state index contributed by atoms with van der Waals surface area (Å²) in [7, 11) is 1.70. The number of hydrogen-bond donors (Lipinski definition) is 1. The molecule has 0 saturated carbocycles. The van der Waals surface area contributed by atoms with Gasteiger partial charge in [-0.05, 0) is 25.5 Å². The molecule has 2 aromatic carbocycles. The van der Waals surface area contributed by atoms with Crippen molar-refractivity contribution in [2.24, 2.45) is 0 Å². The summed E-state index contributed by atoms with van der Waals surface area (Å²) in [6.45, 7) is 4.31. The maximum Gasteiger partial charge on any atom is 0.142 e. The predicted octanol–water partition coefficient (Wildman–Crippen LogP) is 4.81. The van der Waals surface area contributed by atoms with E-state index in [1.807, 2.05) is 30.3 Å². The van der Waals surface area contributed by atoms with Crippen LogP contribution in [0, 0.1) is 0 Å². The Hall–Kier alpha value is -2.16. The number of hydrogen-bond acceptors (Lipinski definition) is 3. The monoisotopic (exact) mass is 269 g/mol. The summed E-state index contributed by atoms with van der Waals surface area (Å²) in [5.41, 5.74) is 2.77. The van der Waals surface area contributed by atoms with Crippen molar-refractivity contribution < 1.29 is 9.15 Å². The lowest BCUT2D eigenvalue weighted by molar-refractivity contribution is 0.416. The van der Waals surface area contributed by atoms with Crippen molar-refractivity contribution in [2.45, 2.75) is 26.3 Å². The van der Waals surface area contributed by atoms with Gasteiger partial charge < -0.3 is 14.5 Å². The zero-order valence-electron chi connectivity index (χ0n) is 12.1. The molecule has 0 aliphatic carbocycles. The molecule has 3 heteroatoms. The first-order valence-electron chi connectivity index (χ1n) is 6.98. The molecular weight excluding hydrogens is 250 g/mol. The molecule has 0 aliphatic rings. The van der Waals surface area contributed by atoms with Crippen LogP contribution >= 0.6 is 0 Å². The Bertz CT molecular complexity index is 745. The highest BCUT2D eigenvalue weighted by molar-refractivity contribution is 6.06. The van der Waals surface area contributed by atoms with Crippen molar-refractivity contribution in [3.63, 3.8) is 0 Å². The number of nitrogens with one attached hydrogen (secondary N) is 1. The number of methoxy groups -OCH3 is 1. The first-order valence-corrected chi connectivity index (χ1v) is 6.98. The third kappa shape index (κ3) is 2.09. The second kappa shape index (κ2) is 5.08. The highest BCUT2D eigenvalue weighted by Gasteiger charge is 2.12. The van der Waals surface area contributed by atoms with Gasteiger partial charge in [0, 0.05) is 22.9 Å². The van der Waals surface area contributed by atoms with Gasteiger partial charge in [-0.15, -0.1) is 0 Å². The number of benzene rings is 2. The van der Waals surface area contributed by atoms with E-state index in [0.717, 1.165) is 39.8 Å². The SMILES string of the molecule is CCC(C)Nc1cc2oc3ccccc3c2cc1OC. The quantitative estimate of drug-likeness (QED) is 0.738. The fourth-order valence-corrected chi connectivity index (χ4v) is 2.40. The van der Waals surface area contributed by atoms with E-state index in [2.05, 4.69) is 25.2 Å². The number of fused-ring (bicyclic) bond motifs is 3. The Kier molecular flexibility index (Phi) is 3.26. The van der Waals surface area contributed by atoms with Gasteiger partial charge in [-0.3, -0.25) is 0 Å². The fourth-order valence-electron chi connectivity index (χ4n) is 2.40. The number of anilines is 1. The zero-order chi connectivity index (χ0) is 14.1. The third-order valence-electron chi connectivity index (χ3n) is 3.71. The van der Waals surface area contributed by atoms with Gasteiger partial charge in [0.15, 0.2) is 0 Å². The van der Waals surface area contributed by atoms with E-state index < -0.39 is 0 Å². The molecule has 1 N–H and O–H groups in total. The van der Waals surface area contributed by atoms with Crippen molar-refractivity contribution in [3.05, 3.63) is 36.4 Å². The minimum atomic E-state index is 0.394. The van der Waals surface area contributed by atoms with Gasteiger partial charge in [0.25, 0.3) is 0 Å². The van der Waals surface area contributed by atoms with Crippen LogP contribution in [0.1, 0.15) is 20.3 Å². The number of para-hydroxylation sites is 1. The van der Waals surface area contributed by atoms with E-state index in [1.54, 1.807) is 7.11 Å². The van der Waals surface area contributed by atoms with E-state index in [4.69, 9.17) is 9.15 Å². The van der Waals surface area contributed by atoms with E-state index in [1.165, 1.54) is 0 Å².